The fourth-order valence-corrected chi connectivity index (χ4v) is 1.08. The first-order valence-electron chi connectivity index (χ1n) is 3.25. The standard InChI is InChI=1S/C7H9ClO3/c1-4-7(9)5(8)3-6(10-2)11-4/h3-4,6H,1-2H3. The molecular weight excluding hydrogens is 168 g/mol. The van der Waals surface area contributed by atoms with Crippen LogP contribution in [0.1, 0.15) is 6.92 Å². The zero-order chi connectivity index (χ0) is 8.43. The molecule has 0 N–H and O–H groups in total. The van der Waals surface area contributed by atoms with E-state index in [9.17, 15) is 4.79 Å². The van der Waals surface area contributed by atoms with Gasteiger partial charge in [0.05, 0.1) is 5.03 Å². The van der Waals surface area contributed by atoms with E-state index in [2.05, 4.69) is 0 Å². The van der Waals surface area contributed by atoms with Crippen molar-refractivity contribution in [2.24, 2.45) is 0 Å². The molecular formula is C7H9ClO3. The number of rotatable bonds is 1. The minimum atomic E-state index is -0.502. The van der Waals surface area contributed by atoms with Gasteiger partial charge in [0.1, 0.15) is 6.10 Å². The minimum absolute atomic E-state index is 0.190. The predicted octanol–water partition coefficient (Wildman–Crippen LogP) is 1.07. The second kappa shape index (κ2) is 3.34. The highest BCUT2D eigenvalue weighted by molar-refractivity contribution is 6.43. The molecule has 0 amide bonds. The Hall–Kier alpha value is -0.380. The average Bonchev–Trinajstić information content (AvgIpc) is 1.99. The van der Waals surface area contributed by atoms with Gasteiger partial charge in [-0.05, 0) is 13.0 Å². The fraction of sp³-hybridized carbons (Fsp3) is 0.571. The van der Waals surface area contributed by atoms with Crippen LogP contribution in [0.4, 0.5) is 0 Å². The molecule has 0 saturated heterocycles. The monoisotopic (exact) mass is 176 g/mol. The second-order valence-electron chi connectivity index (χ2n) is 2.26. The molecule has 0 spiro atoms. The van der Waals surface area contributed by atoms with E-state index in [1.165, 1.54) is 13.2 Å². The molecule has 11 heavy (non-hydrogen) atoms. The van der Waals surface area contributed by atoms with Crippen LogP contribution in [0, 0.1) is 0 Å². The summed E-state index contributed by atoms with van der Waals surface area (Å²) in [6.45, 7) is 1.64. The highest BCUT2D eigenvalue weighted by Crippen LogP contribution is 2.18. The van der Waals surface area contributed by atoms with Gasteiger partial charge >= 0.3 is 0 Å². The molecule has 0 aromatic rings. The van der Waals surface area contributed by atoms with Crippen molar-refractivity contribution in [2.75, 3.05) is 7.11 Å². The van der Waals surface area contributed by atoms with E-state index >= 15 is 0 Å². The summed E-state index contributed by atoms with van der Waals surface area (Å²) in [5.41, 5.74) is 0. The fourth-order valence-electron chi connectivity index (χ4n) is 0.822. The summed E-state index contributed by atoms with van der Waals surface area (Å²) in [6.07, 6.45) is 0.455. The summed E-state index contributed by atoms with van der Waals surface area (Å²) in [4.78, 5) is 11.0. The molecule has 0 bridgehead atoms. The van der Waals surface area contributed by atoms with Crippen molar-refractivity contribution in [2.45, 2.75) is 19.3 Å². The molecule has 1 aliphatic rings. The quantitative estimate of drug-likeness (QED) is 0.600. The van der Waals surface area contributed by atoms with Gasteiger partial charge in [-0.25, -0.2) is 0 Å². The Balaban J connectivity index is 2.76. The van der Waals surface area contributed by atoms with Gasteiger partial charge in [0.25, 0.3) is 0 Å². The normalized spacial score (nSPS) is 31.9. The summed E-state index contributed by atoms with van der Waals surface area (Å²) in [5, 5.41) is 0.190. The molecule has 0 aliphatic carbocycles. The van der Waals surface area contributed by atoms with E-state index in [1.807, 2.05) is 0 Å². The Bertz CT molecular complexity index is 200. The molecule has 0 aromatic heterocycles. The van der Waals surface area contributed by atoms with Gasteiger partial charge in [0.15, 0.2) is 6.29 Å². The Morgan fingerprint density at radius 1 is 1.73 bits per heavy atom. The first-order valence-corrected chi connectivity index (χ1v) is 3.62. The van der Waals surface area contributed by atoms with Crippen molar-refractivity contribution in [3.8, 4) is 0 Å². The average molecular weight is 177 g/mol. The number of ketones is 1. The van der Waals surface area contributed by atoms with Crippen molar-refractivity contribution in [1.82, 2.24) is 0 Å². The van der Waals surface area contributed by atoms with Crippen LogP contribution < -0.4 is 0 Å². The van der Waals surface area contributed by atoms with E-state index in [4.69, 9.17) is 21.1 Å². The first kappa shape index (κ1) is 8.71. The highest BCUT2D eigenvalue weighted by atomic mass is 35.5. The highest BCUT2D eigenvalue weighted by Gasteiger charge is 2.26. The lowest BCUT2D eigenvalue weighted by Crippen LogP contribution is -2.32. The number of Topliss-reactive ketones (excluding diaryl/α,β-unsaturated/α-hetero) is 1. The zero-order valence-electron chi connectivity index (χ0n) is 6.33. The first-order chi connectivity index (χ1) is 5.15. The summed E-state index contributed by atoms with van der Waals surface area (Å²) in [6, 6.07) is 0. The van der Waals surface area contributed by atoms with Crippen molar-refractivity contribution in [3.63, 3.8) is 0 Å². The number of hydrogen-bond donors (Lipinski definition) is 0. The number of ether oxygens (including phenoxy) is 2. The van der Waals surface area contributed by atoms with Crippen LogP contribution in [-0.4, -0.2) is 25.3 Å². The SMILES string of the molecule is COC1C=C(Cl)C(=O)C(C)O1. The summed E-state index contributed by atoms with van der Waals surface area (Å²) < 4.78 is 9.93. The molecule has 4 heteroatoms. The van der Waals surface area contributed by atoms with Crippen molar-refractivity contribution in [1.29, 1.82) is 0 Å². The Morgan fingerprint density at radius 2 is 2.36 bits per heavy atom. The topological polar surface area (TPSA) is 35.5 Å². The molecule has 1 aliphatic heterocycles. The summed E-state index contributed by atoms with van der Waals surface area (Å²) in [7, 11) is 1.49. The largest absolute Gasteiger partial charge is 0.352 e. The lowest BCUT2D eigenvalue weighted by molar-refractivity contribution is -0.152. The van der Waals surface area contributed by atoms with Crippen LogP contribution in [0.5, 0.6) is 0 Å². The number of carbonyl (C=O) groups excluding carboxylic acids is 1. The van der Waals surface area contributed by atoms with Gasteiger partial charge in [-0.3, -0.25) is 4.79 Å². The maximum Gasteiger partial charge on any atom is 0.202 e. The number of halogens is 1. The van der Waals surface area contributed by atoms with Crippen LogP contribution in [0.25, 0.3) is 0 Å². The molecule has 1 heterocycles. The van der Waals surface area contributed by atoms with Gasteiger partial charge in [-0.2, -0.15) is 0 Å². The van der Waals surface area contributed by atoms with Gasteiger partial charge in [-0.15, -0.1) is 0 Å². The van der Waals surface area contributed by atoms with Gasteiger partial charge < -0.3 is 9.47 Å². The Kier molecular flexibility index (Phi) is 2.65. The lowest BCUT2D eigenvalue weighted by atomic mass is 10.2. The number of carbonyl (C=O) groups is 1. The second-order valence-corrected chi connectivity index (χ2v) is 2.67. The van der Waals surface area contributed by atoms with Gasteiger partial charge in [0.2, 0.25) is 5.78 Å². The van der Waals surface area contributed by atoms with Crippen LogP contribution in [0.2, 0.25) is 0 Å². The third-order valence-corrected chi connectivity index (χ3v) is 1.77. The van der Waals surface area contributed by atoms with Crippen molar-refractivity contribution < 1.29 is 14.3 Å². The number of hydrogen-bond acceptors (Lipinski definition) is 3. The molecule has 0 saturated carbocycles. The maximum atomic E-state index is 11.0. The molecule has 3 nitrogen and oxygen atoms in total. The Morgan fingerprint density at radius 3 is 2.82 bits per heavy atom. The third-order valence-electron chi connectivity index (χ3n) is 1.46. The molecule has 2 atom stereocenters. The van der Waals surface area contributed by atoms with Crippen LogP contribution >= 0.6 is 11.6 Å². The molecule has 0 radical (unpaired) electrons. The molecule has 0 fully saturated rings. The summed E-state index contributed by atoms with van der Waals surface area (Å²) in [5.74, 6) is -0.194. The van der Waals surface area contributed by atoms with Gasteiger partial charge in [-0.1, -0.05) is 11.6 Å². The molecule has 1 rings (SSSR count). The van der Waals surface area contributed by atoms with Crippen LogP contribution in [0.3, 0.4) is 0 Å². The maximum absolute atomic E-state index is 11.0. The smallest absolute Gasteiger partial charge is 0.202 e. The molecule has 2 unspecified atom stereocenters. The lowest BCUT2D eigenvalue weighted by Gasteiger charge is -2.22. The van der Waals surface area contributed by atoms with Crippen LogP contribution in [0.15, 0.2) is 11.1 Å². The molecule has 62 valence electrons. The van der Waals surface area contributed by atoms with Crippen LogP contribution in [-0.2, 0) is 14.3 Å². The summed E-state index contributed by atoms with van der Waals surface area (Å²) >= 11 is 5.59. The Labute approximate surface area is 69.9 Å². The van der Waals surface area contributed by atoms with Crippen molar-refractivity contribution >= 4 is 17.4 Å². The number of methoxy groups -OCH3 is 1. The minimum Gasteiger partial charge on any atom is -0.352 e. The van der Waals surface area contributed by atoms with E-state index in [0.29, 0.717) is 0 Å². The van der Waals surface area contributed by atoms with Crippen molar-refractivity contribution in [3.05, 3.63) is 11.1 Å². The van der Waals surface area contributed by atoms with E-state index in [1.54, 1.807) is 6.92 Å². The van der Waals surface area contributed by atoms with E-state index < -0.39 is 12.4 Å². The third kappa shape index (κ3) is 1.80. The zero-order valence-corrected chi connectivity index (χ0v) is 7.09. The molecule has 0 aromatic carbocycles. The van der Waals surface area contributed by atoms with E-state index in [-0.39, 0.29) is 10.8 Å². The predicted molar refractivity (Wildman–Crippen MR) is 40.3 cm³/mol. The van der Waals surface area contributed by atoms with E-state index in [0.717, 1.165) is 0 Å². The van der Waals surface area contributed by atoms with Gasteiger partial charge in [0, 0.05) is 7.11 Å².